The standard InChI is InChI=1S/C18H17FN2/c1-12-5-4-6-15(21(12)3)8-9-16-13(2)20-18-10-7-14(19)11-17(16)18/h4-11H,1-3H3/b15-8-,16-9+. The summed E-state index contributed by atoms with van der Waals surface area (Å²) in [5.41, 5.74) is 5.87. The van der Waals surface area contributed by atoms with Crippen LogP contribution in [0.3, 0.4) is 0 Å². The summed E-state index contributed by atoms with van der Waals surface area (Å²) in [6, 6.07) is 4.72. The minimum atomic E-state index is -0.231. The smallest absolute Gasteiger partial charge is 0.123 e. The lowest BCUT2D eigenvalue weighted by Gasteiger charge is -2.23. The molecule has 3 heteroatoms. The third-order valence-corrected chi connectivity index (χ3v) is 3.87. The highest BCUT2D eigenvalue weighted by Gasteiger charge is 2.17. The number of halogens is 1. The lowest BCUT2D eigenvalue weighted by atomic mass is 10.0. The van der Waals surface area contributed by atoms with E-state index < -0.39 is 0 Å². The van der Waals surface area contributed by atoms with E-state index in [1.54, 1.807) is 12.1 Å². The Balaban J connectivity index is 1.99. The largest absolute Gasteiger partial charge is 0.348 e. The number of rotatable bonds is 1. The van der Waals surface area contributed by atoms with Crippen LogP contribution in [0.5, 0.6) is 0 Å². The summed E-state index contributed by atoms with van der Waals surface area (Å²) in [4.78, 5) is 6.60. The Morgan fingerprint density at radius 2 is 2.00 bits per heavy atom. The Morgan fingerprint density at radius 1 is 1.19 bits per heavy atom. The number of likely N-dealkylation sites (N-methyl/N-ethyl adjacent to an activating group) is 1. The van der Waals surface area contributed by atoms with Gasteiger partial charge in [0.1, 0.15) is 5.82 Å². The molecule has 0 aliphatic carbocycles. The SMILES string of the molecule is CC1=CC=C/C(=C/C=C2\C(C)=Nc3ccc(F)cc32)N1C. The van der Waals surface area contributed by atoms with Gasteiger partial charge in [0, 0.05) is 35.3 Å². The molecule has 0 amide bonds. The Bertz CT molecular complexity index is 748. The first-order valence-corrected chi connectivity index (χ1v) is 6.92. The molecule has 1 aromatic rings. The van der Waals surface area contributed by atoms with Crippen LogP contribution in [0.4, 0.5) is 10.1 Å². The number of benzene rings is 1. The number of fused-ring (bicyclic) bond motifs is 1. The van der Waals surface area contributed by atoms with Crippen LogP contribution in [-0.4, -0.2) is 17.7 Å². The number of hydrogen-bond acceptors (Lipinski definition) is 2. The van der Waals surface area contributed by atoms with Gasteiger partial charge in [-0.3, -0.25) is 4.99 Å². The molecule has 0 atom stereocenters. The quantitative estimate of drug-likeness (QED) is 0.733. The second-order valence-corrected chi connectivity index (χ2v) is 5.26. The summed E-state index contributed by atoms with van der Waals surface area (Å²) >= 11 is 0. The van der Waals surface area contributed by atoms with Crippen molar-refractivity contribution in [1.82, 2.24) is 4.90 Å². The summed E-state index contributed by atoms with van der Waals surface area (Å²) in [5.74, 6) is -0.231. The van der Waals surface area contributed by atoms with Crippen LogP contribution in [0.15, 0.2) is 65.0 Å². The monoisotopic (exact) mass is 280 g/mol. The molecule has 3 rings (SSSR count). The van der Waals surface area contributed by atoms with E-state index in [0.29, 0.717) is 0 Å². The van der Waals surface area contributed by atoms with Gasteiger partial charge in [-0.1, -0.05) is 12.2 Å². The summed E-state index contributed by atoms with van der Waals surface area (Å²) in [6.45, 7) is 4.02. The van der Waals surface area contributed by atoms with Crippen molar-refractivity contribution in [2.24, 2.45) is 4.99 Å². The van der Waals surface area contributed by atoms with Crippen LogP contribution in [0.1, 0.15) is 19.4 Å². The van der Waals surface area contributed by atoms with Crippen LogP contribution in [0, 0.1) is 5.82 Å². The Morgan fingerprint density at radius 3 is 2.81 bits per heavy atom. The molecular formula is C18H17FN2. The minimum Gasteiger partial charge on any atom is -0.348 e. The van der Waals surface area contributed by atoms with Crippen molar-refractivity contribution in [3.8, 4) is 0 Å². The first kappa shape index (κ1) is 13.6. The molecule has 0 aromatic heterocycles. The lowest BCUT2D eigenvalue weighted by Crippen LogP contribution is -2.15. The molecule has 2 aliphatic heterocycles. The fourth-order valence-electron chi connectivity index (χ4n) is 2.52. The topological polar surface area (TPSA) is 15.6 Å². The van der Waals surface area contributed by atoms with E-state index in [2.05, 4.69) is 29.0 Å². The number of hydrogen-bond donors (Lipinski definition) is 0. The van der Waals surface area contributed by atoms with E-state index in [1.165, 1.54) is 11.8 Å². The highest BCUT2D eigenvalue weighted by atomic mass is 19.1. The van der Waals surface area contributed by atoms with Gasteiger partial charge in [0.15, 0.2) is 0 Å². The van der Waals surface area contributed by atoms with E-state index in [4.69, 9.17) is 0 Å². The fraction of sp³-hybridized carbons (Fsp3) is 0.167. The minimum absolute atomic E-state index is 0.231. The maximum absolute atomic E-state index is 13.5. The summed E-state index contributed by atoms with van der Waals surface area (Å²) in [5, 5.41) is 0. The number of allylic oxidation sites excluding steroid dienone is 7. The molecule has 0 bridgehead atoms. The molecular weight excluding hydrogens is 263 g/mol. The van der Waals surface area contributed by atoms with E-state index in [-0.39, 0.29) is 5.82 Å². The maximum atomic E-state index is 13.5. The zero-order valence-corrected chi connectivity index (χ0v) is 12.4. The molecule has 21 heavy (non-hydrogen) atoms. The predicted molar refractivity (Wildman–Crippen MR) is 85.9 cm³/mol. The first-order chi connectivity index (χ1) is 10.1. The van der Waals surface area contributed by atoms with E-state index in [9.17, 15) is 4.39 Å². The van der Waals surface area contributed by atoms with Gasteiger partial charge in [0.25, 0.3) is 0 Å². The van der Waals surface area contributed by atoms with Crippen LogP contribution in [-0.2, 0) is 0 Å². The van der Waals surface area contributed by atoms with Crippen molar-refractivity contribution in [3.63, 3.8) is 0 Å². The molecule has 2 aliphatic rings. The summed E-state index contributed by atoms with van der Waals surface area (Å²) < 4.78 is 13.5. The number of aliphatic imine (C=N–C) groups is 1. The molecule has 2 nitrogen and oxygen atoms in total. The van der Waals surface area contributed by atoms with Gasteiger partial charge in [-0.25, -0.2) is 4.39 Å². The lowest BCUT2D eigenvalue weighted by molar-refractivity contribution is 0.533. The van der Waals surface area contributed by atoms with E-state index in [1.807, 2.05) is 32.2 Å². The maximum Gasteiger partial charge on any atom is 0.123 e. The summed E-state index contributed by atoms with van der Waals surface area (Å²) in [6.07, 6.45) is 10.2. The Kier molecular flexibility index (Phi) is 3.34. The highest BCUT2D eigenvalue weighted by Crippen LogP contribution is 2.35. The van der Waals surface area contributed by atoms with Crippen molar-refractivity contribution >= 4 is 17.0 Å². The van der Waals surface area contributed by atoms with Gasteiger partial charge in [-0.05, 0) is 50.3 Å². The molecule has 106 valence electrons. The van der Waals surface area contributed by atoms with Crippen molar-refractivity contribution in [1.29, 1.82) is 0 Å². The molecule has 0 N–H and O–H groups in total. The molecule has 0 fully saturated rings. The van der Waals surface area contributed by atoms with Crippen LogP contribution in [0.2, 0.25) is 0 Å². The van der Waals surface area contributed by atoms with Gasteiger partial charge in [0.05, 0.1) is 5.69 Å². The molecule has 2 heterocycles. The average Bonchev–Trinajstić information content (AvgIpc) is 2.76. The molecule has 0 unspecified atom stereocenters. The third-order valence-electron chi connectivity index (χ3n) is 3.87. The zero-order chi connectivity index (χ0) is 15.0. The van der Waals surface area contributed by atoms with Crippen molar-refractivity contribution < 1.29 is 4.39 Å². The van der Waals surface area contributed by atoms with Gasteiger partial charge in [-0.2, -0.15) is 0 Å². The van der Waals surface area contributed by atoms with Gasteiger partial charge < -0.3 is 4.90 Å². The zero-order valence-electron chi connectivity index (χ0n) is 12.4. The second-order valence-electron chi connectivity index (χ2n) is 5.26. The highest BCUT2D eigenvalue weighted by molar-refractivity contribution is 6.28. The third kappa shape index (κ3) is 2.47. The molecule has 0 saturated heterocycles. The van der Waals surface area contributed by atoms with Crippen LogP contribution in [0.25, 0.3) is 5.57 Å². The van der Waals surface area contributed by atoms with Crippen LogP contribution >= 0.6 is 0 Å². The Hall–Kier alpha value is -2.42. The normalized spacial score (nSPS) is 20.9. The van der Waals surface area contributed by atoms with Crippen molar-refractivity contribution in [2.75, 3.05) is 7.05 Å². The van der Waals surface area contributed by atoms with Crippen molar-refractivity contribution in [2.45, 2.75) is 13.8 Å². The predicted octanol–water partition coefficient (Wildman–Crippen LogP) is 4.60. The molecule has 1 aromatic carbocycles. The fourth-order valence-corrected chi connectivity index (χ4v) is 2.52. The summed E-state index contributed by atoms with van der Waals surface area (Å²) in [7, 11) is 2.03. The van der Waals surface area contributed by atoms with Gasteiger partial charge >= 0.3 is 0 Å². The molecule has 0 saturated carbocycles. The van der Waals surface area contributed by atoms with Gasteiger partial charge in [0.2, 0.25) is 0 Å². The average molecular weight is 280 g/mol. The first-order valence-electron chi connectivity index (χ1n) is 6.92. The number of nitrogens with zero attached hydrogens (tertiary/aromatic N) is 2. The second kappa shape index (κ2) is 5.17. The molecule has 0 spiro atoms. The van der Waals surface area contributed by atoms with Gasteiger partial charge in [-0.15, -0.1) is 0 Å². The Labute approximate surface area is 124 Å². The van der Waals surface area contributed by atoms with Crippen molar-refractivity contribution in [3.05, 3.63) is 71.4 Å². The van der Waals surface area contributed by atoms with E-state index >= 15 is 0 Å². The van der Waals surface area contributed by atoms with E-state index in [0.717, 1.165) is 28.2 Å². The molecule has 0 radical (unpaired) electrons. The van der Waals surface area contributed by atoms with Crippen LogP contribution < -0.4 is 0 Å².